The summed E-state index contributed by atoms with van der Waals surface area (Å²) in [5.74, 6) is 1.43. The first-order chi connectivity index (χ1) is 8.63. The van der Waals surface area contributed by atoms with E-state index in [2.05, 4.69) is 25.2 Å². The number of benzene rings is 1. The smallest absolute Gasteiger partial charge is 0.167 e. The second-order valence-corrected chi connectivity index (χ2v) is 5.62. The maximum absolute atomic E-state index is 12.1. The largest absolute Gasteiger partial charge is 0.633 e. The van der Waals surface area contributed by atoms with Crippen LogP contribution in [0.3, 0.4) is 0 Å². The van der Waals surface area contributed by atoms with E-state index in [1.165, 1.54) is 5.56 Å². The minimum atomic E-state index is -0.123. The second-order valence-electron chi connectivity index (χ2n) is 5.62. The SMILES string of the molecule is CC1CNC(c2ccc3c(c2)CC(C)O3)[NH+]([O-])C1. The molecule has 0 saturated carbocycles. The molecule has 2 N–H and O–H groups in total. The van der Waals surface area contributed by atoms with Gasteiger partial charge in [0, 0.05) is 24.4 Å². The predicted molar refractivity (Wildman–Crippen MR) is 69.3 cm³/mol. The summed E-state index contributed by atoms with van der Waals surface area (Å²) in [4.78, 5) is 0. The summed E-state index contributed by atoms with van der Waals surface area (Å²) in [6.45, 7) is 5.78. The molecule has 0 spiro atoms. The third-order valence-corrected chi connectivity index (χ3v) is 3.80. The summed E-state index contributed by atoms with van der Waals surface area (Å²) in [6.07, 6.45) is 1.08. The van der Waals surface area contributed by atoms with Gasteiger partial charge in [0.1, 0.15) is 11.9 Å². The molecule has 4 nitrogen and oxygen atoms in total. The standard InChI is InChI=1S/C14H20N2O2/c1-9-7-15-14(16(17)8-9)11-3-4-13-12(6-11)5-10(2)18-13/h3-4,6,9-10,14-16H,5,7-8H2,1-2H3. The van der Waals surface area contributed by atoms with Crippen molar-refractivity contribution in [2.75, 3.05) is 13.1 Å². The Kier molecular flexibility index (Phi) is 3.01. The Labute approximate surface area is 108 Å². The molecule has 98 valence electrons. The normalized spacial score (nSPS) is 35.1. The molecule has 4 heteroatoms. The van der Waals surface area contributed by atoms with Gasteiger partial charge in [-0.3, -0.25) is 5.32 Å². The summed E-state index contributed by atoms with van der Waals surface area (Å²) in [7, 11) is 0. The minimum Gasteiger partial charge on any atom is -0.633 e. The number of fused-ring (bicyclic) bond motifs is 1. The first-order valence-electron chi connectivity index (χ1n) is 6.69. The Morgan fingerprint density at radius 2 is 2.22 bits per heavy atom. The Hall–Kier alpha value is -1.10. The summed E-state index contributed by atoms with van der Waals surface area (Å²) in [5, 5.41) is 15.7. The molecule has 2 aliphatic rings. The van der Waals surface area contributed by atoms with Crippen molar-refractivity contribution < 1.29 is 9.80 Å². The fourth-order valence-electron chi connectivity index (χ4n) is 2.89. The number of hydrogen-bond donors (Lipinski definition) is 2. The summed E-state index contributed by atoms with van der Waals surface area (Å²) in [6, 6.07) is 6.15. The maximum Gasteiger partial charge on any atom is 0.167 e. The Morgan fingerprint density at radius 1 is 1.39 bits per heavy atom. The third kappa shape index (κ3) is 2.11. The van der Waals surface area contributed by atoms with E-state index in [0.29, 0.717) is 17.5 Å². The molecule has 1 saturated heterocycles. The van der Waals surface area contributed by atoms with Crippen LogP contribution >= 0.6 is 0 Å². The van der Waals surface area contributed by atoms with Crippen LogP contribution in [0.15, 0.2) is 18.2 Å². The first-order valence-corrected chi connectivity index (χ1v) is 6.69. The molecule has 4 atom stereocenters. The number of nitrogens with one attached hydrogen (secondary N) is 2. The second kappa shape index (κ2) is 4.53. The number of rotatable bonds is 1. The molecular weight excluding hydrogens is 228 g/mol. The highest BCUT2D eigenvalue weighted by molar-refractivity contribution is 5.41. The minimum absolute atomic E-state index is 0.123. The van der Waals surface area contributed by atoms with E-state index < -0.39 is 0 Å². The van der Waals surface area contributed by atoms with Gasteiger partial charge < -0.3 is 15.0 Å². The summed E-state index contributed by atoms with van der Waals surface area (Å²) < 4.78 is 5.69. The molecule has 0 aliphatic carbocycles. The lowest BCUT2D eigenvalue weighted by atomic mass is 10.0. The molecule has 0 aromatic heterocycles. The Balaban J connectivity index is 1.83. The van der Waals surface area contributed by atoms with Crippen molar-refractivity contribution in [3.63, 3.8) is 0 Å². The Morgan fingerprint density at radius 3 is 3.00 bits per heavy atom. The van der Waals surface area contributed by atoms with E-state index in [-0.39, 0.29) is 12.3 Å². The van der Waals surface area contributed by atoms with Crippen LogP contribution in [0.2, 0.25) is 0 Å². The first kappa shape index (κ1) is 12.0. The van der Waals surface area contributed by atoms with Crippen LogP contribution in [0.4, 0.5) is 0 Å². The topological polar surface area (TPSA) is 48.8 Å². The molecule has 1 fully saturated rings. The molecule has 0 amide bonds. The van der Waals surface area contributed by atoms with E-state index >= 15 is 0 Å². The lowest BCUT2D eigenvalue weighted by Gasteiger charge is -2.39. The van der Waals surface area contributed by atoms with Gasteiger partial charge in [-0.25, -0.2) is 0 Å². The van der Waals surface area contributed by atoms with Gasteiger partial charge in [-0.1, -0.05) is 6.92 Å². The zero-order chi connectivity index (χ0) is 12.7. The van der Waals surface area contributed by atoms with Crippen molar-refractivity contribution in [2.45, 2.75) is 32.5 Å². The average Bonchev–Trinajstić information content (AvgIpc) is 2.68. The molecule has 0 bridgehead atoms. The highest BCUT2D eigenvalue weighted by Crippen LogP contribution is 2.30. The van der Waals surface area contributed by atoms with E-state index in [1.807, 2.05) is 12.1 Å². The number of ether oxygens (including phenoxy) is 1. The molecule has 2 heterocycles. The molecule has 18 heavy (non-hydrogen) atoms. The number of hydroxylamine groups is 2. The van der Waals surface area contributed by atoms with Crippen LogP contribution in [-0.2, 0) is 6.42 Å². The van der Waals surface area contributed by atoms with Gasteiger partial charge in [0.2, 0.25) is 0 Å². The summed E-state index contributed by atoms with van der Waals surface area (Å²) in [5.41, 5.74) is 2.32. The van der Waals surface area contributed by atoms with Gasteiger partial charge in [0.25, 0.3) is 0 Å². The van der Waals surface area contributed by atoms with Crippen LogP contribution in [0.25, 0.3) is 0 Å². The van der Waals surface area contributed by atoms with Crippen LogP contribution in [0.5, 0.6) is 5.75 Å². The van der Waals surface area contributed by atoms with Gasteiger partial charge in [-0.05, 0) is 30.7 Å². The predicted octanol–water partition coefficient (Wildman–Crippen LogP) is 0.631. The lowest BCUT2D eigenvalue weighted by Crippen LogP contribution is -3.11. The van der Waals surface area contributed by atoms with E-state index in [1.54, 1.807) is 0 Å². The maximum atomic E-state index is 12.1. The molecule has 4 unspecified atom stereocenters. The van der Waals surface area contributed by atoms with Gasteiger partial charge in [-0.2, -0.15) is 0 Å². The van der Waals surface area contributed by atoms with Crippen molar-refractivity contribution in [1.82, 2.24) is 5.32 Å². The fourth-order valence-corrected chi connectivity index (χ4v) is 2.89. The van der Waals surface area contributed by atoms with Crippen molar-refractivity contribution in [1.29, 1.82) is 0 Å². The van der Waals surface area contributed by atoms with Crippen LogP contribution in [-0.4, -0.2) is 19.2 Å². The number of quaternary nitrogens is 1. The van der Waals surface area contributed by atoms with Gasteiger partial charge >= 0.3 is 0 Å². The van der Waals surface area contributed by atoms with Crippen LogP contribution in [0.1, 0.15) is 31.1 Å². The Bertz CT molecular complexity index is 449. The van der Waals surface area contributed by atoms with Crippen LogP contribution < -0.4 is 15.1 Å². The van der Waals surface area contributed by atoms with Crippen molar-refractivity contribution >= 4 is 0 Å². The molecule has 0 radical (unpaired) electrons. The molecule has 1 aromatic carbocycles. The monoisotopic (exact) mass is 248 g/mol. The van der Waals surface area contributed by atoms with Crippen molar-refractivity contribution in [2.24, 2.45) is 5.92 Å². The van der Waals surface area contributed by atoms with Crippen molar-refractivity contribution in [3.8, 4) is 5.75 Å². The zero-order valence-electron chi connectivity index (χ0n) is 10.9. The quantitative estimate of drug-likeness (QED) is 0.717. The fraction of sp³-hybridized carbons (Fsp3) is 0.571. The highest BCUT2D eigenvalue weighted by Gasteiger charge is 2.27. The number of hydrogen-bond acceptors (Lipinski definition) is 3. The molecular formula is C14H20N2O2. The molecule has 2 aliphatic heterocycles. The lowest BCUT2D eigenvalue weighted by molar-refractivity contribution is -0.895. The third-order valence-electron chi connectivity index (χ3n) is 3.80. The van der Waals surface area contributed by atoms with E-state index in [9.17, 15) is 5.21 Å². The highest BCUT2D eigenvalue weighted by atomic mass is 16.5. The molecule has 3 rings (SSSR count). The van der Waals surface area contributed by atoms with E-state index in [0.717, 1.165) is 24.3 Å². The molecule has 1 aromatic rings. The van der Waals surface area contributed by atoms with Gasteiger partial charge in [0.05, 0.1) is 6.54 Å². The summed E-state index contributed by atoms with van der Waals surface area (Å²) >= 11 is 0. The van der Waals surface area contributed by atoms with E-state index in [4.69, 9.17) is 4.74 Å². The zero-order valence-corrected chi connectivity index (χ0v) is 10.9. The van der Waals surface area contributed by atoms with Gasteiger partial charge in [0.15, 0.2) is 6.17 Å². The van der Waals surface area contributed by atoms with Crippen molar-refractivity contribution in [3.05, 3.63) is 34.5 Å². The van der Waals surface area contributed by atoms with Gasteiger partial charge in [-0.15, -0.1) is 0 Å². The average molecular weight is 248 g/mol. The van der Waals surface area contributed by atoms with Crippen LogP contribution in [0, 0.1) is 11.1 Å².